The van der Waals surface area contributed by atoms with Crippen molar-refractivity contribution in [2.45, 2.75) is 38.3 Å². The van der Waals surface area contributed by atoms with Crippen LogP contribution in [0.5, 0.6) is 11.5 Å². The Hall–Kier alpha value is -1.26. The van der Waals surface area contributed by atoms with Gasteiger partial charge in [-0.25, -0.2) is 0 Å². The minimum absolute atomic E-state index is 0.0731. The quantitative estimate of drug-likeness (QED) is 0.788. The molecule has 1 aliphatic rings. The Balaban J connectivity index is 2.11. The van der Waals surface area contributed by atoms with Gasteiger partial charge in [0.2, 0.25) is 0 Å². The molecule has 3 N–H and O–H groups in total. The molecule has 0 heterocycles. The molecule has 0 spiro atoms. The predicted octanol–water partition coefficient (Wildman–Crippen LogP) is 1.73. The summed E-state index contributed by atoms with van der Waals surface area (Å²) in [6, 6.07) is 5.75. The maximum atomic E-state index is 9.45. The largest absolute Gasteiger partial charge is 0.493 e. The number of benzene rings is 1. The molecule has 0 aromatic heterocycles. The van der Waals surface area contributed by atoms with Gasteiger partial charge in [0, 0.05) is 6.04 Å². The van der Waals surface area contributed by atoms with Gasteiger partial charge >= 0.3 is 0 Å². The maximum Gasteiger partial charge on any atom is 0.161 e. The Morgan fingerprint density at radius 2 is 2.11 bits per heavy atom. The second-order valence-electron chi connectivity index (χ2n) is 5.09. The molecule has 0 bridgehead atoms. The monoisotopic (exact) mass is 265 g/mol. The first-order valence-corrected chi connectivity index (χ1v) is 6.89. The van der Waals surface area contributed by atoms with E-state index in [0.29, 0.717) is 17.4 Å². The molecule has 106 valence electrons. The number of aliphatic hydroxyl groups excluding tert-OH is 1. The summed E-state index contributed by atoms with van der Waals surface area (Å²) < 4.78 is 11.2. The van der Waals surface area contributed by atoms with Gasteiger partial charge < -0.3 is 20.3 Å². The molecule has 1 aliphatic carbocycles. The Kier molecular flexibility index (Phi) is 4.66. The van der Waals surface area contributed by atoms with Gasteiger partial charge in [0.25, 0.3) is 0 Å². The molecular formula is C15H23NO3. The lowest BCUT2D eigenvalue weighted by Gasteiger charge is -2.24. The Labute approximate surface area is 114 Å². The molecule has 2 atom stereocenters. The van der Waals surface area contributed by atoms with Crippen LogP contribution >= 0.6 is 0 Å². The van der Waals surface area contributed by atoms with E-state index >= 15 is 0 Å². The minimum atomic E-state index is -0.367. The molecule has 0 amide bonds. The fraction of sp³-hybridized carbons (Fsp3) is 0.600. The standard InChI is InChI=1S/C15H23NO3/c1-3-10-4-7-12(13(8-10)18-2)19-14(9-17)15(16)11-5-6-11/h4,7-8,11,14-15,17H,3,5-6,9,16H2,1-2H3. The number of aliphatic hydroxyl groups is 1. The number of hydrogen-bond acceptors (Lipinski definition) is 4. The topological polar surface area (TPSA) is 64.7 Å². The number of nitrogens with two attached hydrogens (primary N) is 1. The van der Waals surface area contributed by atoms with Crippen molar-refractivity contribution in [2.24, 2.45) is 11.7 Å². The average molecular weight is 265 g/mol. The van der Waals surface area contributed by atoms with E-state index in [1.165, 1.54) is 5.56 Å². The molecule has 1 aromatic carbocycles. The summed E-state index contributed by atoms with van der Waals surface area (Å²) in [7, 11) is 1.62. The van der Waals surface area contributed by atoms with Gasteiger partial charge in [-0.2, -0.15) is 0 Å². The molecule has 4 nitrogen and oxygen atoms in total. The third-order valence-electron chi connectivity index (χ3n) is 3.69. The average Bonchev–Trinajstić information content (AvgIpc) is 3.28. The molecule has 0 saturated heterocycles. The molecule has 2 rings (SSSR count). The third kappa shape index (κ3) is 3.39. The van der Waals surface area contributed by atoms with Gasteiger partial charge in [0.15, 0.2) is 11.5 Å². The normalized spacial score (nSPS) is 17.9. The molecular weight excluding hydrogens is 242 g/mol. The van der Waals surface area contributed by atoms with E-state index in [-0.39, 0.29) is 18.8 Å². The Morgan fingerprint density at radius 1 is 1.37 bits per heavy atom. The van der Waals surface area contributed by atoms with Crippen molar-refractivity contribution in [1.82, 2.24) is 0 Å². The lowest BCUT2D eigenvalue weighted by Crippen LogP contribution is -2.43. The molecule has 1 fully saturated rings. The van der Waals surface area contributed by atoms with E-state index in [1.807, 2.05) is 18.2 Å². The second-order valence-corrected chi connectivity index (χ2v) is 5.09. The van der Waals surface area contributed by atoms with Crippen LogP contribution < -0.4 is 15.2 Å². The first kappa shape index (κ1) is 14.2. The second kappa shape index (κ2) is 6.26. The molecule has 19 heavy (non-hydrogen) atoms. The highest BCUT2D eigenvalue weighted by Crippen LogP contribution is 2.35. The highest BCUT2D eigenvalue weighted by Gasteiger charge is 2.35. The van der Waals surface area contributed by atoms with E-state index in [4.69, 9.17) is 15.2 Å². The van der Waals surface area contributed by atoms with Crippen LogP contribution in [-0.2, 0) is 6.42 Å². The first-order chi connectivity index (χ1) is 9.19. The van der Waals surface area contributed by atoms with Crippen molar-refractivity contribution in [1.29, 1.82) is 0 Å². The minimum Gasteiger partial charge on any atom is -0.493 e. The van der Waals surface area contributed by atoms with Crippen molar-refractivity contribution >= 4 is 0 Å². The van der Waals surface area contributed by atoms with E-state index in [9.17, 15) is 5.11 Å². The van der Waals surface area contributed by atoms with Crippen molar-refractivity contribution in [2.75, 3.05) is 13.7 Å². The number of methoxy groups -OCH3 is 1. The first-order valence-electron chi connectivity index (χ1n) is 6.89. The zero-order valence-electron chi connectivity index (χ0n) is 11.6. The number of aryl methyl sites for hydroxylation is 1. The summed E-state index contributed by atoms with van der Waals surface area (Å²) in [5.41, 5.74) is 7.29. The summed E-state index contributed by atoms with van der Waals surface area (Å²) in [4.78, 5) is 0. The predicted molar refractivity (Wildman–Crippen MR) is 74.6 cm³/mol. The third-order valence-corrected chi connectivity index (χ3v) is 3.69. The van der Waals surface area contributed by atoms with Gasteiger partial charge in [0.05, 0.1) is 13.7 Å². The summed E-state index contributed by atoms with van der Waals surface area (Å²) in [5, 5.41) is 9.45. The molecule has 0 radical (unpaired) electrons. The van der Waals surface area contributed by atoms with E-state index in [1.54, 1.807) is 7.11 Å². The molecule has 0 aliphatic heterocycles. The van der Waals surface area contributed by atoms with Crippen LogP contribution in [0.3, 0.4) is 0 Å². The van der Waals surface area contributed by atoms with Crippen LogP contribution in [0, 0.1) is 5.92 Å². The van der Waals surface area contributed by atoms with Gasteiger partial charge in [-0.05, 0) is 42.9 Å². The summed E-state index contributed by atoms with van der Waals surface area (Å²) in [6.07, 6.45) is 2.84. The molecule has 2 unspecified atom stereocenters. The van der Waals surface area contributed by atoms with Crippen LogP contribution in [0.4, 0.5) is 0 Å². The number of hydrogen-bond donors (Lipinski definition) is 2. The lowest BCUT2D eigenvalue weighted by atomic mass is 10.1. The van der Waals surface area contributed by atoms with Crippen LogP contribution in [0.1, 0.15) is 25.3 Å². The number of rotatable bonds is 7. The Bertz CT molecular complexity index is 418. The fourth-order valence-corrected chi connectivity index (χ4v) is 2.21. The van der Waals surface area contributed by atoms with Crippen LogP contribution in [0.15, 0.2) is 18.2 Å². The SMILES string of the molecule is CCc1ccc(OC(CO)C(N)C2CC2)c(OC)c1. The zero-order chi connectivity index (χ0) is 13.8. The van der Waals surface area contributed by atoms with Gasteiger partial charge in [-0.1, -0.05) is 13.0 Å². The molecule has 1 aromatic rings. The van der Waals surface area contributed by atoms with Crippen LogP contribution in [0.2, 0.25) is 0 Å². The van der Waals surface area contributed by atoms with Gasteiger partial charge in [-0.3, -0.25) is 0 Å². The van der Waals surface area contributed by atoms with Crippen molar-refractivity contribution in [3.8, 4) is 11.5 Å². The van der Waals surface area contributed by atoms with Crippen LogP contribution in [0.25, 0.3) is 0 Å². The van der Waals surface area contributed by atoms with Gasteiger partial charge in [-0.15, -0.1) is 0 Å². The highest BCUT2D eigenvalue weighted by molar-refractivity contribution is 5.43. The van der Waals surface area contributed by atoms with E-state index < -0.39 is 0 Å². The fourth-order valence-electron chi connectivity index (χ4n) is 2.21. The van der Waals surface area contributed by atoms with E-state index in [2.05, 4.69) is 6.92 Å². The summed E-state index contributed by atoms with van der Waals surface area (Å²) >= 11 is 0. The van der Waals surface area contributed by atoms with Crippen LogP contribution in [-0.4, -0.2) is 31.0 Å². The van der Waals surface area contributed by atoms with Gasteiger partial charge in [0.1, 0.15) is 6.10 Å². The summed E-state index contributed by atoms with van der Waals surface area (Å²) in [6.45, 7) is 2.02. The van der Waals surface area contributed by atoms with E-state index in [0.717, 1.165) is 19.3 Å². The smallest absolute Gasteiger partial charge is 0.161 e. The van der Waals surface area contributed by atoms with Crippen molar-refractivity contribution in [3.05, 3.63) is 23.8 Å². The highest BCUT2D eigenvalue weighted by atomic mass is 16.5. The summed E-state index contributed by atoms with van der Waals surface area (Å²) in [5.74, 6) is 1.83. The molecule has 1 saturated carbocycles. The van der Waals surface area contributed by atoms with Crippen molar-refractivity contribution < 1.29 is 14.6 Å². The van der Waals surface area contributed by atoms with Crippen molar-refractivity contribution in [3.63, 3.8) is 0 Å². The maximum absolute atomic E-state index is 9.45. The lowest BCUT2D eigenvalue weighted by molar-refractivity contribution is 0.0856. The zero-order valence-corrected chi connectivity index (χ0v) is 11.6. The number of ether oxygens (including phenoxy) is 2. The molecule has 4 heteroatoms. The Morgan fingerprint density at radius 3 is 2.63 bits per heavy atom.